The molecule has 0 unspecified atom stereocenters. The van der Waals surface area contributed by atoms with Gasteiger partial charge in [-0.1, -0.05) is 155 Å². The van der Waals surface area contributed by atoms with Gasteiger partial charge in [0.1, 0.15) is 0 Å². The van der Waals surface area contributed by atoms with Gasteiger partial charge in [0.25, 0.3) is 0 Å². The van der Waals surface area contributed by atoms with E-state index in [0.29, 0.717) is 11.5 Å². The molecule has 7 rings (SSSR count). The molecule has 1 aliphatic rings. The number of aliphatic imine (C=N–C) groups is 2. The average molecular weight is 700 g/mol. The van der Waals surface area contributed by atoms with Gasteiger partial charge in [0, 0.05) is 33.3 Å². The molecule has 5 aromatic carbocycles. The molecule has 0 bridgehead atoms. The van der Waals surface area contributed by atoms with Gasteiger partial charge in [-0.3, -0.25) is 0 Å². The van der Waals surface area contributed by atoms with Crippen LogP contribution in [0.2, 0.25) is 0 Å². The van der Waals surface area contributed by atoms with Crippen LogP contribution in [-0.4, -0.2) is 16.1 Å². The van der Waals surface area contributed by atoms with Crippen molar-refractivity contribution in [1.82, 2.24) is 4.57 Å². The lowest BCUT2D eigenvalue weighted by Crippen LogP contribution is -2.15. The fraction of sp³-hybridized carbons (Fsp3) is 0.0980. The molecule has 0 amide bonds. The summed E-state index contributed by atoms with van der Waals surface area (Å²) in [6, 6.07) is 44.2. The molecule has 1 heterocycles. The molecule has 3 nitrogen and oxygen atoms in total. The van der Waals surface area contributed by atoms with Crippen molar-refractivity contribution in [2.24, 2.45) is 9.98 Å². The number of hydrogen-bond donors (Lipinski definition) is 0. The average Bonchev–Trinajstić information content (AvgIpc) is 3.63. The zero-order valence-corrected chi connectivity index (χ0v) is 31.6. The number of nitrogens with zero attached hydrogens (tertiary/aromatic N) is 3. The minimum atomic E-state index is -0.219. The maximum absolute atomic E-state index is 5.15. The summed E-state index contributed by atoms with van der Waals surface area (Å²) in [7, 11) is 0. The van der Waals surface area contributed by atoms with Crippen molar-refractivity contribution < 1.29 is 0 Å². The Bertz CT molecular complexity index is 2550. The van der Waals surface area contributed by atoms with Crippen molar-refractivity contribution in [3.05, 3.63) is 211 Å². The normalized spacial score (nSPS) is 15.6. The maximum atomic E-state index is 5.15. The predicted molar refractivity (Wildman–Crippen MR) is 234 cm³/mol. The number of fused-ring (bicyclic) bond motifs is 2. The minimum absolute atomic E-state index is 0.219. The molecule has 3 heteroatoms. The first-order valence-electron chi connectivity index (χ1n) is 18.4. The highest BCUT2D eigenvalue weighted by atomic mass is 15.0. The number of amidine groups is 1. The van der Waals surface area contributed by atoms with Gasteiger partial charge in [-0.15, -0.1) is 0 Å². The van der Waals surface area contributed by atoms with Gasteiger partial charge >= 0.3 is 0 Å². The second-order valence-electron chi connectivity index (χ2n) is 14.0. The number of rotatable bonds is 9. The lowest BCUT2D eigenvalue weighted by molar-refractivity contribution is 0.661. The van der Waals surface area contributed by atoms with Gasteiger partial charge in [0.15, 0.2) is 5.84 Å². The molecule has 0 fully saturated rings. The summed E-state index contributed by atoms with van der Waals surface area (Å²) in [6.45, 7) is 21.4. The molecule has 0 saturated carbocycles. The summed E-state index contributed by atoms with van der Waals surface area (Å²) in [4.78, 5) is 10.1. The summed E-state index contributed by atoms with van der Waals surface area (Å²) >= 11 is 0. The number of aromatic nitrogens is 1. The van der Waals surface area contributed by atoms with Crippen LogP contribution in [0.25, 0.3) is 51.1 Å². The highest BCUT2D eigenvalue weighted by molar-refractivity contribution is 6.14. The van der Waals surface area contributed by atoms with E-state index in [0.717, 1.165) is 61.4 Å². The summed E-state index contributed by atoms with van der Waals surface area (Å²) in [6.07, 6.45) is 12.5. The first-order chi connectivity index (χ1) is 26.2. The van der Waals surface area contributed by atoms with Crippen LogP contribution < -0.4 is 0 Å². The Morgan fingerprint density at radius 3 is 2.00 bits per heavy atom. The number of allylic oxidation sites excluding steroid dienone is 6. The van der Waals surface area contributed by atoms with E-state index in [1.807, 2.05) is 78.9 Å². The fourth-order valence-corrected chi connectivity index (χ4v) is 7.52. The molecule has 0 saturated heterocycles. The monoisotopic (exact) mass is 699 g/mol. The highest BCUT2D eigenvalue weighted by Gasteiger charge is 2.38. The summed E-state index contributed by atoms with van der Waals surface area (Å²) in [5.74, 6) is 0.622. The van der Waals surface area contributed by atoms with Crippen LogP contribution in [0, 0.1) is 0 Å². The van der Waals surface area contributed by atoms with Crippen molar-refractivity contribution in [3.8, 4) is 16.8 Å². The quantitative estimate of drug-likeness (QED) is 0.106. The maximum Gasteiger partial charge on any atom is 0.159 e. The lowest BCUT2D eigenvalue weighted by atomic mass is 9.81. The SMILES string of the molecule is C=Cc1c(C=C)n(-c2ccccc2)c2ccc(-c3ccc4c(c3)C(=CC(C)=NC(=NC(=C)c3ccccc3)c3ccccc3)/C(=C\C=C/C)C4(C)C)cc12. The van der Waals surface area contributed by atoms with Crippen LogP contribution in [0.4, 0.5) is 0 Å². The Kier molecular flexibility index (Phi) is 10.1. The molecule has 0 atom stereocenters. The van der Waals surface area contributed by atoms with Crippen LogP contribution in [0.15, 0.2) is 187 Å². The molecule has 264 valence electrons. The van der Waals surface area contributed by atoms with Crippen molar-refractivity contribution in [3.63, 3.8) is 0 Å². The van der Waals surface area contributed by atoms with Crippen LogP contribution in [-0.2, 0) is 5.41 Å². The van der Waals surface area contributed by atoms with Crippen molar-refractivity contribution >= 4 is 45.9 Å². The number of para-hydroxylation sites is 1. The zero-order valence-electron chi connectivity index (χ0n) is 31.6. The summed E-state index contributed by atoms with van der Waals surface area (Å²) in [5, 5.41) is 1.14. The van der Waals surface area contributed by atoms with Crippen molar-refractivity contribution in [2.45, 2.75) is 33.1 Å². The molecule has 1 aliphatic carbocycles. The van der Waals surface area contributed by atoms with Gasteiger partial charge in [0.2, 0.25) is 0 Å². The number of benzene rings is 5. The van der Waals surface area contributed by atoms with E-state index in [9.17, 15) is 0 Å². The standard InChI is InChI=1S/C51H45N3/c1-8-11-27-46-43(32-35(4)52-50(38-23-17-13-18-24-38)53-36(5)37-21-15-12-16-22-37)44-33-39(28-30-47(44)51(46,6)7)40-29-31-49-45(34-40)42(9-2)48(10-3)54(49)41-25-19-14-20-26-41/h8-34H,2-3,5H2,1,4,6-7H3/b11-8-,43-32?,46-27+,52-35?,53-50?. The summed E-state index contributed by atoms with van der Waals surface area (Å²) < 4.78 is 2.26. The first kappa shape index (κ1) is 35.8. The molecule has 0 N–H and O–H groups in total. The highest BCUT2D eigenvalue weighted by Crippen LogP contribution is 2.51. The van der Waals surface area contributed by atoms with Gasteiger partial charge in [-0.25, -0.2) is 9.98 Å². The third-order valence-electron chi connectivity index (χ3n) is 10.2. The third kappa shape index (κ3) is 6.73. The van der Waals surface area contributed by atoms with Crippen molar-refractivity contribution in [2.75, 3.05) is 0 Å². The zero-order chi connectivity index (χ0) is 37.8. The Balaban J connectivity index is 1.37. The fourth-order valence-electron chi connectivity index (χ4n) is 7.52. The van der Waals surface area contributed by atoms with Crippen LogP contribution in [0.3, 0.4) is 0 Å². The largest absolute Gasteiger partial charge is 0.309 e. The van der Waals surface area contributed by atoms with E-state index in [1.165, 1.54) is 16.7 Å². The molecule has 54 heavy (non-hydrogen) atoms. The minimum Gasteiger partial charge on any atom is -0.309 e. The Hall–Kier alpha value is -6.58. The van der Waals surface area contributed by atoms with Crippen LogP contribution >= 0.6 is 0 Å². The smallest absolute Gasteiger partial charge is 0.159 e. The van der Waals surface area contributed by atoms with E-state index in [-0.39, 0.29) is 5.41 Å². The van der Waals surface area contributed by atoms with Gasteiger partial charge in [0.05, 0.1) is 16.9 Å². The Labute approximate surface area is 319 Å². The van der Waals surface area contributed by atoms with E-state index in [2.05, 4.69) is 137 Å². The molecular weight excluding hydrogens is 655 g/mol. The molecule has 0 aliphatic heterocycles. The molecule has 0 radical (unpaired) electrons. The first-order valence-corrected chi connectivity index (χ1v) is 18.4. The van der Waals surface area contributed by atoms with Crippen molar-refractivity contribution in [1.29, 1.82) is 0 Å². The van der Waals surface area contributed by atoms with E-state index >= 15 is 0 Å². The third-order valence-corrected chi connectivity index (χ3v) is 10.2. The number of hydrogen-bond acceptors (Lipinski definition) is 1. The van der Waals surface area contributed by atoms with Gasteiger partial charge < -0.3 is 4.57 Å². The summed E-state index contributed by atoms with van der Waals surface area (Å²) in [5.41, 5.74) is 14.7. The molecule has 0 spiro atoms. The molecular formula is C51H45N3. The molecule has 1 aromatic heterocycles. The second kappa shape index (κ2) is 15.2. The van der Waals surface area contributed by atoms with Gasteiger partial charge in [-0.2, -0.15) is 0 Å². The van der Waals surface area contributed by atoms with Gasteiger partial charge in [-0.05, 0) is 95.3 Å². The van der Waals surface area contributed by atoms with E-state index in [4.69, 9.17) is 9.98 Å². The lowest BCUT2D eigenvalue weighted by Gasteiger charge is -2.22. The predicted octanol–water partition coefficient (Wildman–Crippen LogP) is 13.3. The van der Waals surface area contributed by atoms with Crippen LogP contribution in [0.5, 0.6) is 0 Å². The Morgan fingerprint density at radius 1 is 0.722 bits per heavy atom. The van der Waals surface area contributed by atoms with E-state index < -0.39 is 0 Å². The molecule has 6 aromatic rings. The van der Waals surface area contributed by atoms with E-state index in [1.54, 1.807) is 0 Å². The second-order valence-corrected chi connectivity index (χ2v) is 14.0. The Morgan fingerprint density at radius 2 is 1.35 bits per heavy atom. The van der Waals surface area contributed by atoms with Crippen LogP contribution in [0.1, 0.15) is 61.2 Å². The topological polar surface area (TPSA) is 29.6 Å².